The van der Waals surface area contributed by atoms with E-state index in [0.29, 0.717) is 10.5 Å². The van der Waals surface area contributed by atoms with E-state index in [1.54, 1.807) is 11.5 Å². The number of aryl methyl sites for hydroxylation is 1. The Morgan fingerprint density at radius 2 is 2.08 bits per heavy atom. The molecule has 1 unspecified atom stereocenters. The molecule has 1 fully saturated rings. The molecule has 2 aliphatic rings. The Hall–Kier alpha value is -2.08. The van der Waals surface area contributed by atoms with Crippen LogP contribution in [0.25, 0.3) is 0 Å². The number of rotatable bonds is 2. The smallest absolute Gasteiger partial charge is 0.354 e. The summed E-state index contributed by atoms with van der Waals surface area (Å²) in [7, 11) is 0. The van der Waals surface area contributed by atoms with Crippen LogP contribution in [0.1, 0.15) is 59.9 Å². The number of nitrogens with zero attached hydrogens (tertiary/aromatic N) is 1. The number of ether oxygens (including phenoxy) is 1. The van der Waals surface area contributed by atoms with E-state index in [-0.39, 0.29) is 17.3 Å². The summed E-state index contributed by atoms with van der Waals surface area (Å²) in [5.74, 6) is -0.1000. The summed E-state index contributed by atoms with van der Waals surface area (Å²) < 4.78 is 8.60. The third-order valence-corrected chi connectivity index (χ3v) is 5.61. The molecule has 2 aromatic rings. The number of aromatic carboxylic acids is 1. The van der Waals surface area contributed by atoms with Gasteiger partial charge in [0.2, 0.25) is 0 Å². The zero-order valence-electron chi connectivity index (χ0n) is 13.5. The third kappa shape index (κ3) is 2.28. The number of aromatic nitrogens is 2. The minimum atomic E-state index is -0.954. The van der Waals surface area contributed by atoms with E-state index >= 15 is 0 Å². The molecule has 6 heteroatoms. The standard InChI is InChI=1S/C18H20N2O3S/c1-11-15(16(21)22)20(17(24)19-11)13-10-18(8-4-5-9-18)23-14-7-3-2-6-12(13)14/h2-3,6-7,13H,4-5,8-10H2,1H3,(H,19,24)(H,21,22). The first-order valence-electron chi connectivity index (χ1n) is 8.33. The van der Waals surface area contributed by atoms with Crippen LogP contribution in [-0.2, 0) is 0 Å². The van der Waals surface area contributed by atoms with Crippen molar-refractivity contribution in [3.63, 3.8) is 0 Å². The summed E-state index contributed by atoms with van der Waals surface area (Å²) in [4.78, 5) is 14.8. The van der Waals surface area contributed by atoms with Crippen LogP contribution in [0, 0.1) is 11.7 Å². The molecule has 1 atom stereocenters. The zero-order chi connectivity index (χ0) is 16.9. The number of imidazole rings is 1. The average molecular weight is 344 g/mol. The first-order chi connectivity index (χ1) is 11.5. The third-order valence-electron chi connectivity index (χ3n) is 5.31. The Bertz CT molecular complexity index is 861. The molecular weight excluding hydrogens is 324 g/mol. The zero-order valence-corrected chi connectivity index (χ0v) is 14.4. The topological polar surface area (TPSA) is 67.2 Å². The van der Waals surface area contributed by atoms with Gasteiger partial charge in [0.05, 0.1) is 6.04 Å². The summed E-state index contributed by atoms with van der Waals surface area (Å²) in [5.41, 5.74) is 1.65. The van der Waals surface area contributed by atoms with Crippen LogP contribution in [0.5, 0.6) is 5.75 Å². The van der Waals surface area contributed by atoms with Crippen LogP contribution in [0.15, 0.2) is 24.3 Å². The monoisotopic (exact) mass is 344 g/mol. The molecule has 24 heavy (non-hydrogen) atoms. The van der Waals surface area contributed by atoms with Crippen LogP contribution >= 0.6 is 12.2 Å². The molecule has 0 saturated heterocycles. The van der Waals surface area contributed by atoms with Crippen molar-refractivity contribution in [1.29, 1.82) is 0 Å². The maximum atomic E-state index is 11.8. The number of carboxylic acid groups (broad SMARTS) is 1. The highest BCUT2D eigenvalue weighted by Crippen LogP contribution is 2.48. The molecule has 126 valence electrons. The van der Waals surface area contributed by atoms with Crippen LogP contribution in [0.3, 0.4) is 0 Å². The molecule has 1 saturated carbocycles. The number of hydrogen-bond donors (Lipinski definition) is 2. The molecule has 1 spiro atoms. The van der Waals surface area contributed by atoms with Gasteiger partial charge in [0.25, 0.3) is 0 Å². The number of nitrogens with one attached hydrogen (secondary N) is 1. The second-order valence-electron chi connectivity index (χ2n) is 6.83. The predicted molar refractivity (Wildman–Crippen MR) is 92.3 cm³/mol. The summed E-state index contributed by atoms with van der Waals surface area (Å²) >= 11 is 5.46. The summed E-state index contributed by atoms with van der Waals surface area (Å²) in [6, 6.07) is 7.80. The number of hydrogen-bond acceptors (Lipinski definition) is 3. The van der Waals surface area contributed by atoms with E-state index < -0.39 is 5.97 Å². The summed E-state index contributed by atoms with van der Waals surface area (Å²) in [5, 5.41) is 9.68. The Labute approximate surface area is 145 Å². The van der Waals surface area contributed by atoms with Crippen LogP contribution in [0.4, 0.5) is 0 Å². The van der Waals surface area contributed by atoms with Gasteiger partial charge in [-0.05, 0) is 50.9 Å². The maximum Gasteiger partial charge on any atom is 0.354 e. The molecule has 0 bridgehead atoms. The van der Waals surface area contributed by atoms with Gasteiger partial charge in [-0.15, -0.1) is 0 Å². The van der Waals surface area contributed by atoms with Gasteiger partial charge in [0, 0.05) is 17.7 Å². The second-order valence-corrected chi connectivity index (χ2v) is 7.22. The molecule has 0 amide bonds. The van der Waals surface area contributed by atoms with Crippen LogP contribution in [-0.4, -0.2) is 26.2 Å². The quantitative estimate of drug-likeness (QED) is 0.800. The largest absolute Gasteiger partial charge is 0.487 e. The molecule has 2 N–H and O–H groups in total. The highest BCUT2D eigenvalue weighted by atomic mass is 32.1. The molecular formula is C18H20N2O3S. The number of H-pyrrole nitrogens is 1. The van der Waals surface area contributed by atoms with Crippen molar-refractivity contribution < 1.29 is 14.6 Å². The fraction of sp³-hybridized carbons (Fsp3) is 0.444. The Morgan fingerprint density at radius 3 is 2.79 bits per heavy atom. The van der Waals surface area contributed by atoms with E-state index in [0.717, 1.165) is 43.4 Å². The molecule has 1 aromatic heterocycles. The Morgan fingerprint density at radius 1 is 1.38 bits per heavy atom. The number of para-hydroxylation sites is 1. The Kier molecular flexibility index (Phi) is 3.53. The van der Waals surface area contributed by atoms with Gasteiger partial charge in [-0.25, -0.2) is 4.79 Å². The first kappa shape index (κ1) is 15.4. The van der Waals surface area contributed by atoms with Gasteiger partial charge >= 0.3 is 5.97 Å². The lowest BCUT2D eigenvalue weighted by atomic mass is 9.85. The van der Waals surface area contributed by atoms with Gasteiger partial charge in [-0.3, -0.25) is 0 Å². The van der Waals surface area contributed by atoms with Crippen molar-refractivity contribution in [1.82, 2.24) is 9.55 Å². The van der Waals surface area contributed by atoms with Crippen LogP contribution < -0.4 is 4.74 Å². The van der Waals surface area contributed by atoms with Crippen molar-refractivity contribution in [2.45, 2.75) is 50.7 Å². The highest BCUT2D eigenvalue weighted by molar-refractivity contribution is 7.71. The predicted octanol–water partition coefficient (Wildman–Crippen LogP) is 4.24. The van der Waals surface area contributed by atoms with E-state index in [9.17, 15) is 9.90 Å². The molecule has 1 aliphatic carbocycles. The summed E-state index contributed by atoms with van der Waals surface area (Å²) in [6.45, 7) is 1.76. The number of benzene rings is 1. The maximum absolute atomic E-state index is 11.8. The minimum Gasteiger partial charge on any atom is -0.487 e. The molecule has 2 heterocycles. The van der Waals surface area contributed by atoms with Gasteiger partial charge in [-0.2, -0.15) is 0 Å². The molecule has 0 radical (unpaired) electrons. The van der Waals surface area contributed by atoms with E-state index in [2.05, 4.69) is 4.98 Å². The van der Waals surface area contributed by atoms with Crippen molar-refractivity contribution in [2.24, 2.45) is 0 Å². The number of aromatic amines is 1. The second kappa shape index (κ2) is 5.48. The fourth-order valence-corrected chi connectivity index (χ4v) is 4.64. The van der Waals surface area contributed by atoms with Crippen molar-refractivity contribution in [3.8, 4) is 5.75 Å². The van der Waals surface area contributed by atoms with Crippen molar-refractivity contribution in [2.75, 3.05) is 0 Å². The first-order valence-corrected chi connectivity index (χ1v) is 8.74. The molecule has 5 nitrogen and oxygen atoms in total. The lowest BCUT2D eigenvalue weighted by Crippen LogP contribution is -2.40. The number of fused-ring (bicyclic) bond motifs is 1. The van der Waals surface area contributed by atoms with Gasteiger partial charge in [-0.1, -0.05) is 18.2 Å². The van der Waals surface area contributed by atoms with E-state index in [1.807, 2.05) is 24.3 Å². The average Bonchev–Trinajstić information content (AvgIpc) is 3.10. The summed E-state index contributed by atoms with van der Waals surface area (Å²) in [6.07, 6.45) is 5.08. The van der Waals surface area contributed by atoms with E-state index in [4.69, 9.17) is 17.0 Å². The lowest BCUT2D eigenvalue weighted by molar-refractivity contribution is 0.0360. The lowest BCUT2D eigenvalue weighted by Gasteiger charge is -2.40. The SMILES string of the molecule is Cc1[nH]c(=S)n(C2CC3(CCCC3)Oc3ccccc32)c1C(=O)O. The Balaban J connectivity index is 1.91. The van der Waals surface area contributed by atoms with E-state index in [1.165, 1.54) is 0 Å². The molecule has 1 aliphatic heterocycles. The van der Waals surface area contributed by atoms with Crippen molar-refractivity contribution in [3.05, 3.63) is 46.0 Å². The number of carboxylic acids is 1. The van der Waals surface area contributed by atoms with Gasteiger partial charge in [0.15, 0.2) is 4.77 Å². The van der Waals surface area contributed by atoms with Gasteiger partial charge < -0.3 is 19.4 Å². The fourth-order valence-electron chi connectivity index (χ4n) is 4.26. The normalized spacial score (nSPS) is 21.5. The molecule has 4 rings (SSSR count). The van der Waals surface area contributed by atoms with Gasteiger partial charge in [0.1, 0.15) is 17.0 Å². The van der Waals surface area contributed by atoms with Crippen molar-refractivity contribution >= 4 is 18.2 Å². The minimum absolute atomic E-state index is 0.114. The number of carbonyl (C=O) groups is 1. The highest BCUT2D eigenvalue weighted by Gasteiger charge is 2.44. The molecule has 1 aromatic carbocycles. The van der Waals surface area contributed by atoms with Crippen LogP contribution in [0.2, 0.25) is 0 Å².